The van der Waals surface area contributed by atoms with E-state index in [1.165, 1.54) is 13.0 Å². The summed E-state index contributed by atoms with van der Waals surface area (Å²) in [6.07, 6.45) is -2.30. The number of nitrogens with two attached hydrogens (primary N) is 2. The normalized spacial score (nSPS) is 11.5. The number of aryl methyl sites for hydroxylation is 3. The largest absolute Gasteiger partial charge is 0.399 e. The lowest BCUT2D eigenvalue weighted by Crippen LogP contribution is -2.22. The second-order valence-corrected chi connectivity index (χ2v) is 10.0. The van der Waals surface area contributed by atoms with Gasteiger partial charge in [0.1, 0.15) is 5.82 Å². The minimum Gasteiger partial charge on any atom is -0.399 e. The lowest BCUT2D eigenvalue weighted by atomic mass is 10.2. The Hall–Kier alpha value is -3.91. The van der Waals surface area contributed by atoms with Crippen LogP contribution in [0.1, 0.15) is 16.7 Å². The minimum atomic E-state index is -0.838. The fraction of sp³-hybridized carbons (Fsp3) is 0.400. The molecule has 0 aliphatic carbocycles. The molecule has 0 aliphatic heterocycles. The highest BCUT2D eigenvalue weighted by atomic mass is 35.5. The molecule has 0 spiro atoms. The predicted octanol–water partition coefficient (Wildman–Crippen LogP) is 2.19. The van der Waals surface area contributed by atoms with Gasteiger partial charge in [0.05, 0.1) is 48.0 Å². The molecule has 3 unspecified atom stereocenters. The molecule has 3 aromatic rings. The fourth-order valence-corrected chi connectivity index (χ4v) is 3.25. The standard InChI is InChI=1S/C10H14N2O4.C10H16N2O2.C7H6FNO2.C3H9NO2.2ClH/c1-7-4-8(11-5-9(14)6-13)2-3-10(7)12(15)16;1-7-4-8(2-3-10(7)11)12-5-9(14)6-13;1-5-4-6(8)2-3-7(5)9(10)11;4-1-3(6)2-5;;/h2-4,9,11,13-14H,5-6H2,1H3;2-4,9,12-14H,5-6,11H2,1H3;2-4H,1H3;3,5-6H,1-2,4H2;2*1H. The number of hydrogen-bond donors (Lipinski definition) is 10. The van der Waals surface area contributed by atoms with E-state index in [0.29, 0.717) is 23.4 Å². The highest BCUT2D eigenvalue weighted by Gasteiger charge is 2.11. The van der Waals surface area contributed by atoms with Crippen molar-refractivity contribution in [1.82, 2.24) is 0 Å². The summed E-state index contributed by atoms with van der Waals surface area (Å²) in [5, 5.41) is 78.4. The molecule has 0 radical (unpaired) electrons. The number of nitrogen functional groups attached to an aromatic ring is 1. The molecule has 0 aliphatic rings. The molecule has 0 heterocycles. The second kappa shape index (κ2) is 27.0. The molecular weight excluding hydrogens is 694 g/mol. The van der Waals surface area contributed by atoms with Gasteiger partial charge in [-0.15, -0.1) is 24.8 Å². The third-order valence-electron chi connectivity index (χ3n) is 6.01. The van der Waals surface area contributed by atoms with Crippen LogP contribution in [0.15, 0.2) is 54.6 Å². The van der Waals surface area contributed by atoms with E-state index < -0.39 is 34.0 Å². The first-order valence-electron chi connectivity index (χ1n) is 14.2. The minimum absolute atomic E-state index is 0. The number of nitro groups is 2. The molecule has 19 heteroatoms. The van der Waals surface area contributed by atoms with Crippen molar-refractivity contribution in [2.75, 3.05) is 55.8 Å². The van der Waals surface area contributed by atoms with Crippen LogP contribution in [-0.4, -0.2) is 98.3 Å². The topological polar surface area (TPSA) is 284 Å². The molecule has 3 rings (SSSR count). The van der Waals surface area contributed by atoms with E-state index in [4.69, 9.17) is 42.1 Å². The Bertz CT molecular complexity index is 1390. The first-order chi connectivity index (χ1) is 22.1. The summed E-state index contributed by atoms with van der Waals surface area (Å²) >= 11 is 0. The first-order valence-corrected chi connectivity index (χ1v) is 14.2. The van der Waals surface area contributed by atoms with Gasteiger partial charge in [0.2, 0.25) is 0 Å². The third-order valence-corrected chi connectivity index (χ3v) is 6.01. The number of anilines is 3. The van der Waals surface area contributed by atoms with Gasteiger partial charge in [-0.05, 0) is 68.8 Å². The van der Waals surface area contributed by atoms with Crippen LogP contribution in [0.4, 0.5) is 32.8 Å². The van der Waals surface area contributed by atoms with Gasteiger partial charge in [0, 0.05) is 60.0 Å². The van der Waals surface area contributed by atoms with E-state index in [0.717, 1.165) is 35.1 Å². The summed E-state index contributed by atoms with van der Waals surface area (Å²) < 4.78 is 12.4. The number of nitrogens with zero attached hydrogens (tertiary/aromatic N) is 2. The predicted molar refractivity (Wildman–Crippen MR) is 191 cm³/mol. The van der Waals surface area contributed by atoms with Crippen molar-refractivity contribution in [2.45, 2.75) is 39.1 Å². The van der Waals surface area contributed by atoms with Crippen molar-refractivity contribution in [2.24, 2.45) is 5.73 Å². The smallest absolute Gasteiger partial charge is 0.272 e. The molecular formula is C30H47Cl2FN6O10. The number of halogens is 3. The molecule has 16 nitrogen and oxygen atoms in total. The van der Waals surface area contributed by atoms with Gasteiger partial charge in [-0.2, -0.15) is 0 Å². The van der Waals surface area contributed by atoms with Crippen molar-refractivity contribution in [3.8, 4) is 0 Å². The SMILES string of the molecule is Cc1cc(F)ccc1[N+](=O)[O-].Cc1cc(NCC(O)CO)ccc1N.Cc1cc(NCC(O)CO)ccc1[N+](=O)[O-].Cl.Cl.NCC(O)CO. The van der Waals surface area contributed by atoms with Crippen molar-refractivity contribution >= 4 is 53.3 Å². The second-order valence-electron chi connectivity index (χ2n) is 10.0. The summed E-state index contributed by atoms with van der Waals surface area (Å²) in [5.41, 5.74) is 14.7. The first kappa shape index (κ1) is 49.5. The van der Waals surface area contributed by atoms with Crippen LogP contribution >= 0.6 is 24.8 Å². The Morgan fingerprint density at radius 3 is 1.41 bits per heavy atom. The van der Waals surface area contributed by atoms with Crippen LogP contribution < -0.4 is 22.1 Å². The highest BCUT2D eigenvalue weighted by Crippen LogP contribution is 2.21. The zero-order chi connectivity index (χ0) is 36.1. The summed E-state index contributed by atoms with van der Waals surface area (Å²) in [4.78, 5) is 19.8. The lowest BCUT2D eigenvalue weighted by Gasteiger charge is -2.11. The molecule has 3 atom stereocenters. The summed E-state index contributed by atoms with van der Waals surface area (Å²) in [7, 11) is 0. The van der Waals surface area contributed by atoms with Crippen LogP contribution in [0, 0.1) is 46.8 Å². The zero-order valence-corrected chi connectivity index (χ0v) is 28.9. The molecule has 0 bridgehead atoms. The van der Waals surface area contributed by atoms with E-state index in [1.54, 1.807) is 19.1 Å². The summed E-state index contributed by atoms with van der Waals surface area (Å²) in [6.45, 7) is 4.94. The molecule has 3 aromatic carbocycles. The molecule has 0 fully saturated rings. The van der Waals surface area contributed by atoms with Gasteiger partial charge in [-0.1, -0.05) is 0 Å². The molecule has 0 amide bonds. The molecule has 12 N–H and O–H groups in total. The molecule has 49 heavy (non-hydrogen) atoms. The van der Waals surface area contributed by atoms with Gasteiger partial charge < -0.3 is 52.7 Å². The van der Waals surface area contributed by atoms with E-state index in [-0.39, 0.29) is 69.1 Å². The fourth-order valence-electron chi connectivity index (χ4n) is 3.25. The maximum Gasteiger partial charge on any atom is 0.272 e. The molecule has 278 valence electrons. The number of nitrogens with one attached hydrogen (secondary N) is 2. The average molecular weight is 742 g/mol. The van der Waals surface area contributed by atoms with Crippen LogP contribution in [0.3, 0.4) is 0 Å². The Morgan fingerprint density at radius 2 is 1.08 bits per heavy atom. The van der Waals surface area contributed by atoms with E-state index in [9.17, 15) is 24.6 Å². The van der Waals surface area contributed by atoms with Gasteiger partial charge in [0.15, 0.2) is 0 Å². The number of rotatable bonds is 12. The van der Waals surface area contributed by atoms with Crippen LogP contribution in [0.25, 0.3) is 0 Å². The molecule has 0 saturated heterocycles. The molecule has 0 aromatic heterocycles. The Balaban J connectivity index is -0.000000594. The Kier molecular flexibility index (Phi) is 27.2. The summed E-state index contributed by atoms with van der Waals surface area (Å²) in [6, 6.07) is 13.5. The highest BCUT2D eigenvalue weighted by molar-refractivity contribution is 5.85. The van der Waals surface area contributed by atoms with Gasteiger partial charge in [-0.3, -0.25) is 20.2 Å². The maximum atomic E-state index is 12.4. The third kappa shape index (κ3) is 20.9. The zero-order valence-electron chi connectivity index (χ0n) is 27.2. The maximum absolute atomic E-state index is 12.4. The number of benzene rings is 3. The van der Waals surface area contributed by atoms with Crippen LogP contribution in [0.2, 0.25) is 0 Å². The van der Waals surface area contributed by atoms with E-state index >= 15 is 0 Å². The van der Waals surface area contributed by atoms with Crippen LogP contribution in [0.5, 0.6) is 0 Å². The number of aliphatic hydroxyl groups is 6. The summed E-state index contributed by atoms with van der Waals surface area (Å²) in [5.74, 6) is -0.451. The monoisotopic (exact) mass is 740 g/mol. The van der Waals surface area contributed by atoms with Gasteiger partial charge in [-0.25, -0.2) is 4.39 Å². The van der Waals surface area contributed by atoms with Crippen molar-refractivity contribution in [3.63, 3.8) is 0 Å². The van der Waals surface area contributed by atoms with Crippen molar-refractivity contribution in [1.29, 1.82) is 0 Å². The van der Waals surface area contributed by atoms with Gasteiger partial charge in [0.25, 0.3) is 11.4 Å². The number of aliphatic hydroxyl groups excluding tert-OH is 6. The van der Waals surface area contributed by atoms with E-state index in [2.05, 4.69) is 10.6 Å². The Labute approximate surface area is 295 Å². The molecule has 0 saturated carbocycles. The number of nitro benzene ring substituents is 2. The number of hydrogen-bond acceptors (Lipinski definition) is 14. The lowest BCUT2D eigenvalue weighted by molar-refractivity contribution is -0.385. The average Bonchev–Trinajstić information content (AvgIpc) is 3.04. The van der Waals surface area contributed by atoms with Crippen LogP contribution in [-0.2, 0) is 0 Å². The van der Waals surface area contributed by atoms with Crippen molar-refractivity contribution in [3.05, 3.63) is 97.3 Å². The van der Waals surface area contributed by atoms with Gasteiger partial charge >= 0.3 is 0 Å². The van der Waals surface area contributed by atoms with E-state index in [1.807, 2.05) is 25.1 Å². The quantitative estimate of drug-likeness (QED) is 0.0724. The van der Waals surface area contributed by atoms with Crippen molar-refractivity contribution < 1.29 is 44.9 Å². The Morgan fingerprint density at radius 1 is 0.694 bits per heavy atom.